The Morgan fingerprint density at radius 2 is 2.21 bits per heavy atom. The van der Waals surface area contributed by atoms with Gasteiger partial charge >= 0.3 is 0 Å². The van der Waals surface area contributed by atoms with Crippen LogP contribution in [-0.2, 0) is 6.42 Å². The second-order valence-electron chi connectivity index (χ2n) is 3.78. The highest BCUT2D eigenvalue weighted by molar-refractivity contribution is 6.30. The van der Waals surface area contributed by atoms with Crippen molar-refractivity contribution in [2.75, 3.05) is 0 Å². The summed E-state index contributed by atoms with van der Waals surface area (Å²) in [5, 5.41) is 9.10. The lowest BCUT2D eigenvalue weighted by atomic mass is 10.0. The summed E-state index contributed by atoms with van der Waals surface area (Å²) in [6.07, 6.45) is 0.935. The lowest BCUT2D eigenvalue weighted by molar-refractivity contribution is 0.642. The van der Waals surface area contributed by atoms with Gasteiger partial charge in [0.15, 0.2) is 0 Å². The minimum atomic E-state index is 0.303. The molecule has 1 aromatic rings. The summed E-state index contributed by atoms with van der Waals surface area (Å²) < 4.78 is 0. The number of hydrogen-bond acceptors (Lipinski definition) is 2. The van der Waals surface area contributed by atoms with E-state index in [4.69, 9.17) is 16.9 Å². The van der Waals surface area contributed by atoms with Crippen molar-refractivity contribution in [3.05, 3.63) is 28.0 Å². The maximum atomic E-state index is 8.79. The van der Waals surface area contributed by atoms with E-state index in [-0.39, 0.29) is 0 Å². The Morgan fingerprint density at radius 1 is 1.57 bits per heavy atom. The SMILES string of the molecule is Cc1nc(Cl)c(C#N)cc1CC(C)C. The zero-order chi connectivity index (χ0) is 10.7. The summed E-state index contributed by atoms with van der Waals surface area (Å²) in [5.74, 6) is 0.559. The van der Waals surface area contributed by atoms with Crippen LogP contribution in [0.15, 0.2) is 6.07 Å². The van der Waals surface area contributed by atoms with Gasteiger partial charge in [-0.25, -0.2) is 4.98 Å². The van der Waals surface area contributed by atoms with Gasteiger partial charge in [-0.1, -0.05) is 25.4 Å². The van der Waals surface area contributed by atoms with E-state index in [1.165, 1.54) is 0 Å². The van der Waals surface area contributed by atoms with Gasteiger partial charge in [-0.15, -0.1) is 0 Å². The highest BCUT2D eigenvalue weighted by Crippen LogP contribution is 2.19. The molecule has 0 fully saturated rings. The van der Waals surface area contributed by atoms with Crippen LogP contribution in [0.5, 0.6) is 0 Å². The molecule has 0 bridgehead atoms. The Kier molecular flexibility index (Phi) is 3.49. The van der Waals surface area contributed by atoms with Gasteiger partial charge in [-0.2, -0.15) is 5.26 Å². The molecule has 14 heavy (non-hydrogen) atoms. The number of rotatable bonds is 2. The molecule has 0 saturated carbocycles. The molecular weight excluding hydrogens is 196 g/mol. The molecule has 0 N–H and O–H groups in total. The Balaban J connectivity index is 3.12. The van der Waals surface area contributed by atoms with E-state index >= 15 is 0 Å². The molecule has 0 unspecified atom stereocenters. The normalized spacial score (nSPS) is 10.3. The molecule has 1 rings (SSSR count). The predicted molar refractivity (Wildman–Crippen MR) is 57.2 cm³/mol. The van der Waals surface area contributed by atoms with E-state index in [0.717, 1.165) is 17.7 Å². The molecule has 0 aliphatic carbocycles. The molecule has 1 heterocycles. The van der Waals surface area contributed by atoms with E-state index < -0.39 is 0 Å². The molecule has 3 heteroatoms. The molecule has 0 spiro atoms. The Labute approximate surface area is 89.5 Å². The van der Waals surface area contributed by atoms with Crippen molar-refractivity contribution < 1.29 is 0 Å². The van der Waals surface area contributed by atoms with Gasteiger partial charge in [-0.05, 0) is 30.9 Å². The van der Waals surface area contributed by atoms with Crippen molar-refractivity contribution >= 4 is 11.6 Å². The van der Waals surface area contributed by atoms with Crippen LogP contribution in [0.1, 0.15) is 30.7 Å². The predicted octanol–water partition coefficient (Wildman–Crippen LogP) is 3.11. The molecule has 0 amide bonds. The maximum absolute atomic E-state index is 8.79. The van der Waals surface area contributed by atoms with E-state index in [1.54, 1.807) is 0 Å². The fraction of sp³-hybridized carbons (Fsp3) is 0.455. The van der Waals surface area contributed by atoms with Crippen LogP contribution in [0, 0.1) is 24.2 Å². The number of halogens is 1. The fourth-order valence-corrected chi connectivity index (χ4v) is 1.57. The van der Waals surface area contributed by atoms with E-state index in [0.29, 0.717) is 16.6 Å². The first kappa shape index (κ1) is 11.0. The van der Waals surface area contributed by atoms with Crippen molar-refractivity contribution in [3.8, 4) is 6.07 Å². The van der Waals surface area contributed by atoms with Gasteiger partial charge in [0.25, 0.3) is 0 Å². The molecule has 0 radical (unpaired) electrons. The molecule has 2 nitrogen and oxygen atoms in total. The molecule has 1 aromatic heterocycles. The van der Waals surface area contributed by atoms with Crippen molar-refractivity contribution in [2.45, 2.75) is 27.2 Å². The van der Waals surface area contributed by atoms with E-state index in [2.05, 4.69) is 18.8 Å². The quantitative estimate of drug-likeness (QED) is 0.701. The van der Waals surface area contributed by atoms with Crippen LogP contribution in [0.3, 0.4) is 0 Å². The highest BCUT2D eigenvalue weighted by atomic mass is 35.5. The van der Waals surface area contributed by atoms with Gasteiger partial charge in [-0.3, -0.25) is 0 Å². The van der Waals surface area contributed by atoms with Crippen molar-refractivity contribution in [1.82, 2.24) is 4.98 Å². The van der Waals surface area contributed by atoms with Crippen LogP contribution >= 0.6 is 11.6 Å². The lowest BCUT2D eigenvalue weighted by Gasteiger charge is -2.08. The smallest absolute Gasteiger partial charge is 0.147 e. The van der Waals surface area contributed by atoms with Gasteiger partial charge < -0.3 is 0 Å². The third-order valence-corrected chi connectivity index (χ3v) is 2.31. The van der Waals surface area contributed by atoms with Gasteiger partial charge in [0.05, 0.1) is 5.56 Å². The van der Waals surface area contributed by atoms with Crippen molar-refractivity contribution in [1.29, 1.82) is 5.26 Å². The summed E-state index contributed by atoms with van der Waals surface area (Å²) in [4.78, 5) is 4.14. The minimum absolute atomic E-state index is 0.303. The third kappa shape index (κ3) is 2.46. The molecule has 0 aromatic carbocycles. The molecule has 0 aliphatic heterocycles. The number of hydrogen-bond donors (Lipinski definition) is 0. The number of aryl methyl sites for hydroxylation is 1. The van der Waals surface area contributed by atoms with Crippen molar-refractivity contribution in [3.63, 3.8) is 0 Å². The topological polar surface area (TPSA) is 36.7 Å². The largest absolute Gasteiger partial charge is 0.240 e. The Morgan fingerprint density at radius 3 is 2.71 bits per heavy atom. The Hall–Kier alpha value is -1.07. The molecule has 0 atom stereocenters. The zero-order valence-corrected chi connectivity index (χ0v) is 9.39. The van der Waals surface area contributed by atoms with E-state index in [9.17, 15) is 0 Å². The van der Waals surface area contributed by atoms with Gasteiger partial charge in [0, 0.05) is 5.69 Å². The average molecular weight is 209 g/mol. The van der Waals surface area contributed by atoms with Crippen molar-refractivity contribution in [2.24, 2.45) is 5.92 Å². The monoisotopic (exact) mass is 208 g/mol. The van der Waals surface area contributed by atoms with Crippen LogP contribution in [-0.4, -0.2) is 4.98 Å². The summed E-state index contributed by atoms with van der Waals surface area (Å²) in [6, 6.07) is 3.88. The third-order valence-electron chi connectivity index (χ3n) is 2.02. The summed E-state index contributed by atoms with van der Waals surface area (Å²) in [5.41, 5.74) is 2.50. The number of nitriles is 1. The van der Waals surface area contributed by atoms with Crippen LogP contribution in [0.4, 0.5) is 0 Å². The van der Waals surface area contributed by atoms with Crippen LogP contribution in [0.2, 0.25) is 5.15 Å². The number of nitrogens with zero attached hydrogens (tertiary/aromatic N) is 2. The Bertz CT molecular complexity index is 378. The first-order valence-corrected chi connectivity index (χ1v) is 4.98. The first-order valence-electron chi connectivity index (χ1n) is 4.60. The van der Waals surface area contributed by atoms with E-state index in [1.807, 2.05) is 19.1 Å². The lowest BCUT2D eigenvalue weighted by Crippen LogP contribution is -2.00. The van der Waals surface area contributed by atoms with Crippen LogP contribution < -0.4 is 0 Å². The molecule has 74 valence electrons. The second kappa shape index (κ2) is 4.43. The standard InChI is InChI=1S/C11H13ClN2/c1-7(2)4-9-5-10(6-13)11(12)14-8(9)3/h5,7H,4H2,1-3H3. The summed E-state index contributed by atoms with van der Waals surface area (Å²) in [6.45, 7) is 6.20. The molecular formula is C11H13ClN2. The summed E-state index contributed by atoms with van der Waals surface area (Å²) in [7, 11) is 0. The molecule has 0 saturated heterocycles. The average Bonchev–Trinajstić information content (AvgIpc) is 2.09. The van der Waals surface area contributed by atoms with Crippen LogP contribution in [0.25, 0.3) is 0 Å². The number of aromatic nitrogens is 1. The summed E-state index contributed by atoms with van der Waals surface area (Å²) >= 11 is 5.80. The number of pyridine rings is 1. The second-order valence-corrected chi connectivity index (χ2v) is 4.14. The maximum Gasteiger partial charge on any atom is 0.147 e. The molecule has 0 aliphatic rings. The fourth-order valence-electron chi connectivity index (χ4n) is 1.34. The highest BCUT2D eigenvalue weighted by Gasteiger charge is 2.08. The minimum Gasteiger partial charge on any atom is -0.240 e. The zero-order valence-electron chi connectivity index (χ0n) is 8.63. The first-order chi connectivity index (χ1) is 6.54. The van der Waals surface area contributed by atoms with Gasteiger partial charge in [0.2, 0.25) is 0 Å². The van der Waals surface area contributed by atoms with Gasteiger partial charge in [0.1, 0.15) is 11.2 Å².